The molecule has 0 heterocycles. The van der Waals surface area contributed by atoms with Crippen molar-refractivity contribution < 1.29 is 47.7 Å². The monoisotopic (exact) mass is 886 g/mol. The van der Waals surface area contributed by atoms with Gasteiger partial charge in [-0.3, -0.25) is 9.59 Å². The molecule has 0 saturated carbocycles. The van der Waals surface area contributed by atoms with Gasteiger partial charge in [-0.15, -0.1) is 0 Å². The number of alkyl halides is 3. The van der Waals surface area contributed by atoms with E-state index in [1.165, 1.54) is 19.3 Å². The number of hydrogen-bond donors (Lipinski definition) is 2. The van der Waals surface area contributed by atoms with E-state index in [-0.39, 0.29) is 37.6 Å². The van der Waals surface area contributed by atoms with Crippen LogP contribution in [0.5, 0.6) is 5.75 Å². The minimum Gasteiger partial charge on any atom is -0.495 e. The van der Waals surface area contributed by atoms with Crippen LogP contribution < -0.4 is 15.4 Å². The zero-order valence-corrected chi connectivity index (χ0v) is 37.0. The molecule has 2 aromatic carbocycles. The van der Waals surface area contributed by atoms with Gasteiger partial charge in [0.05, 0.1) is 18.1 Å². The number of halogens is 4. The number of methoxy groups -OCH3 is 1. The van der Waals surface area contributed by atoms with Gasteiger partial charge in [-0.2, -0.15) is 0 Å². The maximum Gasteiger partial charge on any atom is 0.407 e. The number of amides is 2. The summed E-state index contributed by atoms with van der Waals surface area (Å²) in [7, 11) is 1.46. The third-order valence-corrected chi connectivity index (χ3v) is 8.70. The highest BCUT2D eigenvalue weighted by Crippen LogP contribution is 2.28. The van der Waals surface area contributed by atoms with Crippen molar-refractivity contribution in [3.8, 4) is 5.75 Å². The predicted molar refractivity (Wildman–Crippen MR) is 226 cm³/mol. The van der Waals surface area contributed by atoms with Crippen molar-refractivity contribution in [3.63, 3.8) is 0 Å². The molecular weight excluding hydrogens is 834 g/mol. The van der Waals surface area contributed by atoms with E-state index in [1.807, 2.05) is 63.3 Å². The van der Waals surface area contributed by atoms with Gasteiger partial charge >= 0.3 is 24.0 Å². The van der Waals surface area contributed by atoms with Gasteiger partial charge in [0.15, 0.2) is 6.10 Å². The minimum absolute atomic E-state index is 0.0187. The van der Waals surface area contributed by atoms with Crippen LogP contribution in [0.4, 0.5) is 4.79 Å². The van der Waals surface area contributed by atoms with E-state index in [9.17, 15) is 24.0 Å². The van der Waals surface area contributed by atoms with Crippen molar-refractivity contribution in [2.24, 2.45) is 17.8 Å². The Hall–Kier alpha value is -3.97. The Morgan fingerprint density at radius 2 is 1.55 bits per heavy atom. The molecule has 12 nitrogen and oxygen atoms in total. The highest BCUT2D eigenvalue weighted by molar-refractivity contribution is 6.67. The molecule has 0 spiro atoms. The van der Waals surface area contributed by atoms with Gasteiger partial charge in [0.1, 0.15) is 30.1 Å². The summed E-state index contributed by atoms with van der Waals surface area (Å²) in [5.74, 6) is -3.80. The maximum atomic E-state index is 13.7. The third kappa shape index (κ3) is 20.1. The van der Waals surface area contributed by atoms with Gasteiger partial charge in [-0.05, 0) is 62.4 Å². The quantitative estimate of drug-likeness (QED) is 0.0572. The van der Waals surface area contributed by atoms with Crippen molar-refractivity contribution in [2.45, 2.75) is 95.4 Å². The second-order valence-electron chi connectivity index (χ2n) is 15.0. The molecule has 58 heavy (non-hydrogen) atoms. The van der Waals surface area contributed by atoms with E-state index in [1.54, 1.807) is 45.9 Å². The summed E-state index contributed by atoms with van der Waals surface area (Å²) < 4.78 is 25.4. The lowest BCUT2D eigenvalue weighted by molar-refractivity contribution is -0.175. The van der Waals surface area contributed by atoms with Gasteiger partial charge < -0.3 is 34.3 Å². The fourth-order valence-corrected chi connectivity index (χ4v) is 5.55. The summed E-state index contributed by atoms with van der Waals surface area (Å²) >= 11 is 23.6. The first-order valence-corrected chi connectivity index (χ1v) is 20.2. The fraction of sp³-hybridized carbons (Fsp3) is 0.500. The van der Waals surface area contributed by atoms with Crippen molar-refractivity contribution in [1.29, 1.82) is 0 Å². The van der Waals surface area contributed by atoms with Crippen molar-refractivity contribution in [2.75, 3.05) is 20.3 Å². The molecule has 0 saturated heterocycles. The zero-order chi connectivity index (χ0) is 43.6. The lowest BCUT2D eigenvalue weighted by Gasteiger charge is -2.26. The Bertz CT molecular complexity index is 1720. The van der Waals surface area contributed by atoms with Crippen LogP contribution >= 0.6 is 46.4 Å². The SMILES string of the molecule is COc1ccc(C[C@H](NC(=O)/C=C/C[C@H](OC(=O)[C@H](CC(C)C)OC(=O)[C@H](C)CNC(=O)OC(C)(C)C)[C@H](C)/C=C/c2ccccc2)C(=O)OCC(Cl)(Cl)Cl)cc1Cl. The first-order valence-electron chi connectivity index (χ1n) is 18.7. The molecule has 16 heteroatoms. The zero-order valence-electron chi connectivity index (χ0n) is 34.0. The summed E-state index contributed by atoms with van der Waals surface area (Å²) in [6.45, 7) is 11.7. The Morgan fingerprint density at radius 3 is 2.14 bits per heavy atom. The molecule has 2 amide bonds. The molecule has 2 rings (SSSR count). The number of benzene rings is 2. The Kier molecular flexibility index (Phi) is 20.9. The molecule has 2 aromatic rings. The summed E-state index contributed by atoms with van der Waals surface area (Å²) in [5, 5.41) is 5.46. The molecule has 0 bridgehead atoms. The average Bonchev–Trinajstić information content (AvgIpc) is 3.13. The first kappa shape index (κ1) is 50.2. The van der Waals surface area contributed by atoms with E-state index in [4.69, 9.17) is 70.1 Å². The normalized spacial score (nSPS) is 14.6. The number of nitrogens with one attached hydrogen (secondary N) is 2. The second kappa shape index (κ2) is 24.2. The Balaban J connectivity index is 2.28. The van der Waals surface area contributed by atoms with Crippen LogP contribution in [-0.4, -0.2) is 77.8 Å². The second-order valence-corrected chi connectivity index (χ2v) is 18.0. The summed E-state index contributed by atoms with van der Waals surface area (Å²) in [4.78, 5) is 65.3. The van der Waals surface area contributed by atoms with Crippen LogP contribution in [0.25, 0.3) is 6.08 Å². The maximum absolute atomic E-state index is 13.7. The number of hydrogen-bond acceptors (Lipinski definition) is 10. The van der Waals surface area contributed by atoms with Crippen molar-refractivity contribution in [3.05, 3.63) is 82.9 Å². The smallest absolute Gasteiger partial charge is 0.407 e. The number of carbonyl (C=O) groups is 5. The van der Waals surface area contributed by atoms with Crippen molar-refractivity contribution >= 4 is 82.4 Å². The topological polar surface area (TPSA) is 156 Å². The van der Waals surface area contributed by atoms with E-state index in [0.29, 0.717) is 16.3 Å². The van der Waals surface area contributed by atoms with Crippen LogP contribution in [0.1, 0.15) is 72.4 Å². The highest BCUT2D eigenvalue weighted by atomic mass is 35.6. The molecule has 0 fully saturated rings. The van der Waals surface area contributed by atoms with Crippen LogP contribution in [-0.2, 0) is 44.5 Å². The number of rotatable bonds is 20. The molecule has 0 aliphatic rings. The molecule has 0 aliphatic carbocycles. The largest absolute Gasteiger partial charge is 0.495 e. The van der Waals surface area contributed by atoms with Crippen LogP contribution in [0.15, 0.2) is 66.8 Å². The van der Waals surface area contributed by atoms with Gasteiger partial charge in [0, 0.05) is 25.3 Å². The molecule has 0 unspecified atom stereocenters. The Morgan fingerprint density at radius 1 is 0.879 bits per heavy atom. The lowest BCUT2D eigenvalue weighted by Crippen LogP contribution is -2.43. The summed E-state index contributed by atoms with van der Waals surface area (Å²) in [5.41, 5.74) is 0.781. The standard InChI is InChI=1S/C42H54Cl4N2O10/c1-26(2)21-35(57-37(50)28(4)24-47-40(53)58-41(5,6)7)39(52)56-33(27(3)17-18-29-13-10-9-11-14-29)15-12-16-36(49)48-32(38(51)55-25-42(44,45)46)23-30-19-20-34(54-8)31(43)22-30/h9-14,16-20,22,26-28,32-33,35H,15,21,23-25H2,1-8H3,(H,47,53)(H,48,49)/b16-12+,18-17+/t27-,28-,32+,33+,35+/m1/s1. The molecule has 2 N–H and O–H groups in total. The molecule has 320 valence electrons. The van der Waals surface area contributed by atoms with Crippen LogP contribution in [0.3, 0.4) is 0 Å². The van der Waals surface area contributed by atoms with E-state index >= 15 is 0 Å². The summed E-state index contributed by atoms with van der Waals surface area (Å²) in [6.07, 6.45) is 3.92. The first-order chi connectivity index (χ1) is 27.1. The fourth-order valence-electron chi connectivity index (χ4n) is 5.11. The van der Waals surface area contributed by atoms with Gasteiger partial charge in [0.2, 0.25) is 9.70 Å². The number of ether oxygens (including phenoxy) is 5. The highest BCUT2D eigenvalue weighted by Gasteiger charge is 2.32. The van der Waals surface area contributed by atoms with Gasteiger partial charge in [-0.25, -0.2) is 14.4 Å². The number of alkyl carbamates (subject to hydrolysis) is 1. The van der Waals surface area contributed by atoms with Crippen LogP contribution in [0.2, 0.25) is 5.02 Å². The molecule has 0 aromatic heterocycles. The van der Waals surface area contributed by atoms with Gasteiger partial charge in [0.25, 0.3) is 0 Å². The number of carbonyl (C=O) groups excluding carboxylic acids is 5. The van der Waals surface area contributed by atoms with Crippen LogP contribution in [0, 0.1) is 17.8 Å². The molecule has 0 aliphatic heterocycles. The van der Waals surface area contributed by atoms with E-state index in [0.717, 1.165) is 5.56 Å². The third-order valence-electron chi connectivity index (χ3n) is 8.08. The predicted octanol–water partition coefficient (Wildman–Crippen LogP) is 8.62. The minimum atomic E-state index is -1.88. The average molecular weight is 889 g/mol. The number of esters is 3. The van der Waals surface area contributed by atoms with E-state index in [2.05, 4.69) is 10.6 Å². The summed E-state index contributed by atoms with van der Waals surface area (Å²) in [6, 6.07) is 13.2. The van der Waals surface area contributed by atoms with Gasteiger partial charge in [-0.1, -0.05) is 129 Å². The van der Waals surface area contributed by atoms with Crippen molar-refractivity contribution in [1.82, 2.24) is 10.6 Å². The Labute approximate surface area is 361 Å². The lowest BCUT2D eigenvalue weighted by atomic mass is 9.99. The molecular formula is C42H54Cl4N2O10. The molecule has 0 radical (unpaired) electrons. The van der Waals surface area contributed by atoms with E-state index < -0.39 is 70.1 Å². The molecule has 5 atom stereocenters.